The predicted octanol–water partition coefficient (Wildman–Crippen LogP) is -2.66. The largest absolute Gasteiger partial charge is 0.480 e. The van der Waals surface area contributed by atoms with Gasteiger partial charge in [0.05, 0.1) is 12.5 Å². The monoisotopic (exact) mass is 405 g/mol. The van der Waals surface area contributed by atoms with Gasteiger partial charge in [0.15, 0.2) is 0 Å². The molecule has 0 aliphatic rings. The summed E-state index contributed by atoms with van der Waals surface area (Å²) in [5.41, 5.74) is 10.9. The fourth-order valence-electron chi connectivity index (χ4n) is 1.94. The molecule has 0 fully saturated rings. The van der Waals surface area contributed by atoms with Crippen LogP contribution in [-0.2, 0) is 24.0 Å². The molecule has 4 atom stereocenters. The van der Waals surface area contributed by atoms with Crippen molar-refractivity contribution in [3.63, 3.8) is 0 Å². The van der Waals surface area contributed by atoms with Crippen LogP contribution in [-0.4, -0.2) is 65.1 Å². The third-order valence-corrected chi connectivity index (χ3v) is 4.19. The van der Waals surface area contributed by atoms with Crippen molar-refractivity contribution in [1.29, 1.82) is 0 Å². The molecule has 0 aromatic heterocycles. The summed E-state index contributed by atoms with van der Waals surface area (Å²) in [6.45, 7) is 2.97. The zero-order valence-electron chi connectivity index (χ0n) is 15.2. The van der Waals surface area contributed by atoms with Gasteiger partial charge in [0.2, 0.25) is 23.6 Å². The molecule has 154 valence electrons. The number of carbonyl (C=O) groups excluding carboxylic acids is 4. The Morgan fingerprint density at radius 3 is 2.04 bits per heavy atom. The van der Waals surface area contributed by atoms with Crippen LogP contribution in [0.1, 0.15) is 26.7 Å². The van der Waals surface area contributed by atoms with Gasteiger partial charge in [-0.3, -0.25) is 24.0 Å². The molecule has 0 aliphatic carbocycles. The van der Waals surface area contributed by atoms with Crippen LogP contribution in [0.5, 0.6) is 0 Å². The summed E-state index contributed by atoms with van der Waals surface area (Å²) in [6.07, 6.45) is 0.133. The zero-order valence-corrected chi connectivity index (χ0v) is 16.1. The van der Waals surface area contributed by atoms with Gasteiger partial charge in [0.1, 0.15) is 18.6 Å². The Kier molecular flexibility index (Phi) is 11.1. The van der Waals surface area contributed by atoms with Gasteiger partial charge in [-0.05, 0) is 5.92 Å². The lowest BCUT2D eigenvalue weighted by Crippen LogP contribution is -2.57. The molecule has 0 saturated heterocycles. The van der Waals surface area contributed by atoms with Crippen LogP contribution < -0.4 is 27.4 Å². The van der Waals surface area contributed by atoms with E-state index in [-0.39, 0.29) is 11.7 Å². The van der Waals surface area contributed by atoms with E-state index in [1.165, 1.54) is 0 Å². The molecule has 0 heterocycles. The Labute approximate surface area is 162 Å². The van der Waals surface area contributed by atoms with E-state index in [1.807, 2.05) is 6.92 Å². The van der Waals surface area contributed by atoms with Crippen LogP contribution in [0.25, 0.3) is 0 Å². The van der Waals surface area contributed by atoms with E-state index in [9.17, 15) is 24.0 Å². The minimum Gasteiger partial charge on any atom is -0.480 e. The summed E-state index contributed by atoms with van der Waals surface area (Å²) < 4.78 is 0. The highest BCUT2D eigenvalue weighted by Crippen LogP contribution is 2.06. The molecular formula is C15H27N5O6S. The summed E-state index contributed by atoms with van der Waals surface area (Å²) in [5.74, 6) is -4.65. The number of aliphatic carboxylic acids is 1. The topological polar surface area (TPSA) is 194 Å². The normalized spacial score (nSPS) is 15.0. The highest BCUT2D eigenvalue weighted by Gasteiger charge is 2.29. The molecule has 0 spiro atoms. The minimum atomic E-state index is -1.33. The third kappa shape index (κ3) is 9.24. The van der Waals surface area contributed by atoms with Gasteiger partial charge in [-0.1, -0.05) is 20.3 Å². The zero-order chi connectivity index (χ0) is 21.1. The predicted molar refractivity (Wildman–Crippen MR) is 99.6 cm³/mol. The van der Waals surface area contributed by atoms with E-state index >= 15 is 0 Å². The molecule has 0 radical (unpaired) electrons. The highest BCUT2D eigenvalue weighted by atomic mass is 32.1. The number of nitrogens with two attached hydrogens (primary N) is 2. The van der Waals surface area contributed by atoms with Crippen molar-refractivity contribution in [3.05, 3.63) is 0 Å². The van der Waals surface area contributed by atoms with Crippen LogP contribution in [0.2, 0.25) is 0 Å². The molecule has 0 aliphatic heterocycles. The second-order valence-corrected chi connectivity index (χ2v) is 6.36. The van der Waals surface area contributed by atoms with Crippen LogP contribution >= 0.6 is 12.6 Å². The molecule has 0 bridgehead atoms. The standard InChI is InChI=1S/C15H27N5O6S/c1-3-7(2)12(17)15(26)19-8(4-10(16)21)14(25)20-9(6-27)13(24)18-5-11(22)23/h7-9,12,27H,3-6,17H2,1-2H3,(H2,16,21)(H,18,24)(H,19,26)(H,20,25)(H,22,23). The average Bonchev–Trinajstić information content (AvgIpc) is 2.61. The Balaban J connectivity index is 5.08. The van der Waals surface area contributed by atoms with Gasteiger partial charge < -0.3 is 32.5 Å². The molecule has 4 unspecified atom stereocenters. The lowest BCUT2D eigenvalue weighted by atomic mass is 9.99. The number of thiol groups is 1. The summed E-state index contributed by atoms with van der Waals surface area (Å²) in [6, 6.07) is -3.40. The van der Waals surface area contributed by atoms with Crippen molar-refractivity contribution >= 4 is 42.2 Å². The number of hydrogen-bond acceptors (Lipinski definition) is 7. The maximum Gasteiger partial charge on any atom is 0.322 e. The summed E-state index contributed by atoms with van der Waals surface area (Å²) in [7, 11) is 0. The van der Waals surface area contributed by atoms with Crippen LogP contribution in [0, 0.1) is 5.92 Å². The summed E-state index contributed by atoms with van der Waals surface area (Å²) in [4.78, 5) is 58.2. The van der Waals surface area contributed by atoms with E-state index in [2.05, 4.69) is 28.6 Å². The van der Waals surface area contributed by atoms with Crippen molar-refractivity contribution in [2.24, 2.45) is 17.4 Å². The fraction of sp³-hybridized carbons (Fsp3) is 0.667. The third-order valence-electron chi connectivity index (χ3n) is 3.83. The van der Waals surface area contributed by atoms with Crippen LogP contribution in [0.15, 0.2) is 0 Å². The molecule has 0 aromatic rings. The Morgan fingerprint density at radius 1 is 1.04 bits per heavy atom. The number of carbonyl (C=O) groups is 5. The molecule has 0 rings (SSSR count). The smallest absolute Gasteiger partial charge is 0.322 e. The first-order valence-electron chi connectivity index (χ1n) is 8.28. The molecule has 4 amide bonds. The average molecular weight is 405 g/mol. The van der Waals surface area contributed by atoms with Gasteiger partial charge in [0, 0.05) is 5.75 Å². The number of hydrogen-bond donors (Lipinski definition) is 7. The maximum atomic E-state index is 12.4. The molecule has 27 heavy (non-hydrogen) atoms. The van der Waals surface area contributed by atoms with Gasteiger partial charge in [-0.2, -0.15) is 12.6 Å². The van der Waals surface area contributed by atoms with Crippen molar-refractivity contribution < 1.29 is 29.1 Å². The molecule has 8 N–H and O–H groups in total. The number of carboxylic acid groups (broad SMARTS) is 1. The van der Waals surface area contributed by atoms with Crippen molar-refractivity contribution in [3.8, 4) is 0 Å². The first kappa shape index (κ1) is 24.7. The second-order valence-electron chi connectivity index (χ2n) is 6.00. The number of primary amides is 1. The Bertz CT molecular complexity index is 573. The highest BCUT2D eigenvalue weighted by molar-refractivity contribution is 7.80. The minimum absolute atomic E-state index is 0.138. The molecule has 0 saturated carbocycles. The quantitative estimate of drug-likeness (QED) is 0.172. The van der Waals surface area contributed by atoms with E-state index in [0.717, 1.165) is 0 Å². The Hall–Kier alpha value is -2.34. The van der Waals surface area contributed by atoms with Gasteiger partial charge in [-0.15, -0.1) is 0 Å². The number of nitrogens with one attached hydrogen (secondary N) is 3. The van der Waals surface area contributed by atoms with Crippen molar-refractivity contribution in [2.45, 2.75) is 44.8 Å². The van der Waals surface area contributed by atoms with E-state index in [0.29, 0.717) is 6.42 Å². The SMILES string of the molecule is CCC(C)C(N)C(=O)NC(CC(N)=O)C(=O)NC(CS)C(=O)NCC(=O)O. The molecule has 12 heteroatoms. The number of carboxylic acids is 1. The van der Waals surface area contributed by atoms with Crippen molar-refractivity contribution in [1.82, 2.24) is 16.0 Å². The molecular weight excluding hydrogens is 378 g/mol. The first-order valence-corrected chi connectivity index (χ1v) is 8.91. The molecule has 11 nitrogen and oxygen atoms in total. The van der Waals surface area contributed by atoms with Gasteiger partial charge >= 0.3 is 5.97 Å². The van der Waals surface area contributed by atoms with Gasteiger partial charge in [-0.25, -0.2) is 0 Å². The van der Waals surface area contributed by atoms with E-state index in [4.69, 9.17) is 16.6 Å². The lowest BCUT2D eigenvalue weighted by Gasteiger charge is -2.24. The lowest BCUT2D eigenvalue weighted by molar-refractivity contribution is -0.138. The van der Waals surface area contributed by atoms with E-state index < -0.39 is 60.7 Å². The van der Waals surface area contributed by atoms with Crippen LogP contribution in [0.3, 0.4) is 0 Å². The number of amides is 4. The first-order chi connectivity index (χ1) is 12.5. The van der Waals surface area contributed by atoms with E-state index in [1.54, 1.807) is 6.92 Å². The van der Waals surface area contributed by atoms with Crippen molar-refractivity contribution in [2.75, 3.05) is 12.3 Å². The van der Waals surface area contributed by atoms with Gasteiger partial charge in [0.25, 0.3) is 0 Å². The second kappa shape index (κ2) is 12.1. The summed E-state index contributed by atoms with van der Waals surface area (Å²) >= 11 is 3.93. The fourth-order valence-corrected chi connectivity index (χ4v) is 2.20. The summed E-state index contributed by atoms with van der Waals surface area (Å²) in [5, 5.41) is 15.3. The van der Waals surface area contributed by atoms with Crippen LogP contribution in [0.4, 0.5) is 0 Å². The maximum absolute atomic E-state index is 12.4. The molecule has 0 aromatic carbocycles. The number of rotatable bonds is 12. The Morgan fingerprint density at radius 2 is 1.59 bits per heavy atom.